The first-order chi connectivity index (χ1) is 31.8. The molecule has 0 radical (unpaired) electrons. The van der Waals surface area contributed by atoms with Gasteiger partial charge >= 0.3 is 17.9 Å². The van der Waals surface area contributed by atoms with Crippen LogP contribution in [0.4, 0.5) is 0 Å². The van der Waals surface area contributed by atoms with Crippen LogP contribution in [0.25, 0.3) is 0 Å². The third kappa shape index (κ3) is 25.2. The fourth-order valence-electron chi connectivity index (χ4n) is 9.19. The van der Waals surface area contributed by atoms with Gasteiger partial charge in [0.25, 0.3) is 0 Å². The van der Waals surface area contributed by atoms with Crippen LogP contribution in [0.3, 0.4) is 0 Å². The monoisotopic (exact) mass is 920 g/mol. The van der Waals surface area contributed by atoms with Crippen LogP contribution in [-0.2, 0) is 28.6 Å². The Labute approximate surface area is 406 Å². The average molecular weight is 920 g/mol. The summed E-state index contributed by atoms with van der Waals surface area (Å²) in [7, 11) is 0. The topological polar surface area (TPSA) is 91.8 Å². The molecule has 2 aromatic rings. The lowest BCUT2D eigenvalue weighted by Gasteiger charge is -2.37. The van der Waals surface area contributed by atoms with E-state index in [0.29, 0.717) is 23.7 Å². The standard InChI is InChI=1S/C17H30O2.C17H24O2.C16H23NO2.3C3H8/c2*1-13(2)17(18)19-16(14-9-5-3-6-10-14)15-11-7-4-8-12-15;1-12(2)16(18)19-15(13-8-4-3-5-9-13)14-10-6-7-11-17-14;3*1-3-2/h13-16H,3-12H2,1-2H3;3,5-6,9-10,13,15-16H,4,7-8,11-12H2,1-2H3;6-7,10-13,15H,3-5,8-9H2,1-2H3;3*3H2,1-2H3. The Kier molecular flexibility index (Phi) is 34.8. The number of ether oxygens (including phenoxy) is 3. The van der Waals surface area contributed by atoms with E-state index in [4.69, 9.17) is 14.2 Å². The van der Waals surface area contributed by atoms with Crippen molar-refractivity contribution in [3.8, 4) is 0 Å². The van der Waals surface area contributed by atoms with Crippen molar-refractivity contribution in [1.82, 2.24) is 4.98 Å². The Balaban J connectivity index is 0.000000453. The molecular formula is C59H101NO6. The average Bonchev–Trinajstić information content (AvgIpc) is 3.34. The van der Waals surface area contributed by atoms with E-state index >= 15 is 0 Å². The minimum absolute atomic E-state index is 0.00896. The van der Waals surface area contributed by atoms with Crippen molar-refractivity contribution in [2.45, 2.75) is 249 Å². The van der Waals surface area contributed by atoms with Crippen LogP contribution in [0.15, 0.2) is 54.7 Å². The predicted octanol–water partition coefficient (Wildman–Crippen LogP) is 17.4. The van der Waals surface area contributed by atoms with Crippen LogP contribution in [0.5, 0.6) is 0 Å². The molecule has 4 saturated carbocycles. The molecule has 66 heavy (non-hydrogen) atoms. The summed E-state index contributed by atoms with van der Waals surface area (Å²) in [5, 5.41) is 0. The van der Waals surface area contributed by atoms with Gasteiger partial charge in [-0.1, -0.05) is 216 Å². The molecule has 6 rings (SSSR count). The lowest BCUT2D eigenvalue weighted by atomic mass is 9.75. The van der Waals surface area contributed by atoms with Gasteiger partial charge < -0.3 is 14.2 Å². The summed E-state index contributed by atoms with van der Waals surface area (Å²) in [5.41, 5.74) is 2.03. The third-order valence-corrected chi connectivity index (χ3v) is 12.6. The molecule has 2 unspecified atom stereocenters. The van der Waals surface area contributed by atoms with Crippen LogP contribution in [0.2, 0.25) is 0 Å². The normalized spacial score (nSPS) is 17.9. The van der Waals surface area contributed by atoms with E-state index in [2.05, 4.69) is 58.7 Å². The fraction of sp³-hybridized carbons (Fsp3) is 0.763. The lowest BCUT2D eigenvalue weighted by Crippen LogP contribution is -2.37. The van der Waals surface area contributed by atoms with Crippen LogP contribution in [-0.4, -0.2) is 29.0 Å². The quantitative estimate of drug-likeness (QED) is 0.155. The highest BCUT2D eigenvalue weighted by atomic mass is 16.6. The number of carbonyl (C=O) groups excluding carboxylic acids is 3. The minimum Gasteiger partial charge on any atom is -0.462 e. The SMILES string of the molecule is CC(C)C(=O)OC(C1CCCCC1)C1CCCCC1.CC(C)C(=O)OC(c1ccccc1)C1CCCCC1.CC(C)C(=O)OC(c1ccccn1)C1CCCCC1.CCC.CCC.CCC. The zero-order chi connectivity index (χ0) is 49.1. The van der Waals surface area contributed by atoms with Crippen molar-refractivity contribution >= 4 is 17.9 Å². The Morgan fingerprint density at radius 2 is 0.758 bits per heavy atom. The second kappa shape index (κ2) is 37.7. The number of rotatable bonds is 12. The third-order valence-electron chi connectivity index (χ3n) is 12.6. The van der Waals surface area contributed by atoms with E-state index < -0.39 is 0 Å². The molecule has 7 nitrogen and oxygen atoms in total. The first-order valence-corrected chi connectivity index (χ1v) is 27.4. The Morgan fingerprint density at radius 3 is 1.11 bits per heavy atom. The molecule has 0 bridgehead atoms. The highest BCUT2D eigenvalue weighted by Crippen LogP contribution is 2.40. The molecule has 0 N–H and O–H groups in total. The molecule has 4 aliphatic rings. The molecule has 1 heterocycles. The molecule has 1 aromatic carbocycles. The molecule has 1 aromatic heterocycles. The van der Waals surface area contributed by atoms with Crippen molar-refractivity contribution in [2.24, 2.45) is 41.4 Å². The zero-order valence-electron chi connectivity index (χ0n) is 44.6. The summed E-state index contributed by atoms with van der Waals surface area (Å²) >= 11 is 0. The van der Waals surface area contributed by atoms with Gasteiger partial charge in [-0.2, -0.15) is 0 Å². The van der Waals surface area contributed by atoms with Crippen molar-refractivity contribution < 1.29 is 28.6 Å². The van der Waals surface area contributed by atoms with Gasteiger partial charge in [0.15, 0.2) is 0 Å². The van der Waals surface area contributed by atoms with Gasteiger partial charge in [0, 0.05) is 18.0 Å². The molecule has 378 valence electrons. The molecule has 4 fully saturated rings. The number of carbonyl (C=O) groups is 3. The first kappa shape index (κ1) is 60.8. The number of pyridine rings is 1. The second-order valence-corrected chi connectivity index (χ2v) is 20.5. The van der Waals surface area contributed by atoms with Crippen LogP contribution < -0.4 is 0 Å². The maximum absolute atomic E-state index is 12.0. The van der Waals surface area contributed by atoms with Gasteiger partial charge in [-0.3, -0.25) is 19.4 Å². The number of esters is 3. The molecule has 0 saturated heterocycles. The summed E-state index contributed by atoms with van der Waals surface area (Å²) in [6.45, 7) is 24.2. The summed E-state index contributed by atoms with van der Waals surface area (Å²) in [6, 6.07) is 16.0. The van der Waals surface area contributed by atoms with E-state index in [1.807, 2.05) is 77.9 Å². The van der Waals surface area contributed by atoms with Gasteiger partial charge in [-0.25, -0.2) is 0 Å². The number of hydrogen-bond donors (Lipinski definition) is 0. The Morgan fingerprint density at radius 1 is 0.439 bits per heavy atom. The van der Waals surface area contributed by atoms with Gasteiger partial charge in [-0.05, 0) is 80.9 Å². The minimum atomic E-state index is -0.170. The van der Waals surface area contributed by atoms with Crippen molar-refractivity contribution in [2.75, 3.05) is 0 Å². The zero-order valence-corrected chi connectivity index (χ0v) is 44.6. The van der Waals surface area contributed by atoms with Crippen molar-refractivity contribution in [3.63, 3.8) is 0 Å². The smallest absolute Gasteiger partial charge is 0.309 e. The Bertz CT molecular complexity index is 1350. The summed E-state index contributed by atoms with van der Waals surface area (Å²) in [6.07, 6.45) is 30.8. The predicted molar refractivity (Wildman–Crippen MR) is 277 cm³/mol. The van der Waals surface area contributed by atoms with E-state index in [1.165, 1.54) is 135 Å². The molecule has 2 atom stereocenters. The molecule has 0 aliphatic heterocycles. The van der Waals surface area contributed by atoms with Gasteiger partial charge in [-0.15, -0.1) is 0 Å². The van der Waals surface area contributed by atoms with Crippen molar-refractivity contribution in [3.05, 3.63) is 66.0 Å². The summed E-state index contributed by atoms with van der Waals surface area (Å²) in [5.74, 6) is 1.85. The number of benzene rings is 1. The lowest BCUT2D eigenvalue weighted by molar-refractivity contribution is -0.161. The van der Waals surface area contributed by atoms with E-state index in [1.54, 1.807) is 6.20 Å². The van der Waals surface area contributed by atoms with Gasteiger partial charge in [0.1, 0.15) is 18.3 Å². The first-order valence-electron chi connectivity index (χ1n) is 27.4. The van der Waals surface area contributed by atoms with E-state index in [-0.39, 0.29) is 54.0 Å². The molecule has 7 heteroatoms. The Hall–Kier alpha value is -3.22. The highest BCUT2D eigenvalue weighted by molar-refractivity contribution is 5.72. The molecular weight excluding hydrogens is 819 g/mol. The maximum Gasteiger partial charge on any atom is 0.309 e. The van der Waals surface area contributed by atoms with Crippen molar-refractivity contribution in [1.29, 1.82) is 0 Å². The van der Waals surface area contributed by atoms with Gasteiger partial charge in [0.05, 0.1) is 23.4 Å². The molecule has 0 amide bonds. The largest absolute Gasteiger partial charge is 0.462 e. The molecule has 4 aliphatic carbocycles. The number of aromatic nitrogens is 1. The van der Waals surface area contributed by atoms with Crippen LogP contribution in [0, 0.1) is 41.4 Å². The number of hydrogen-bond acceptors (Lipinski definition) is 7. The van der Waals surface area contributed by atoms with E-state index in [9.17, 15) is 14.4 Å². The maximum atomic E-state index is 12.0. The van der Waals surface area contributed by atoms with Crippen LogP contribution >= 0.6 is 0 Å². The fourth-order valence-corrected chi connectivity index (χ4v) is 9.19. The second-order valence-electron chi connectivity index (χ2n) is 20.5. The van der Waals surface area contributed by atoms with Gasteiger partial charge in [0.2, 0.25) is 0 Å². The highest BCUT2D eigenvalue weighted by Gasteiger charge is 2.35. The van der Waals surface area contributed by atoms with Crippen LogP contribution in [0.1, 0.15) is 254 Å². The summed E-state index contributed by atoms with van der Waals surface area (Å²) in [4.78, 5) is 40.3. The number of nitrogens with zero attached hydrogens (tertiary/aromatic N) is 1. The molecule has 0 spiro atoms. The summed E-state index contributed by atoms with van der Waals surface area (Å²) < 4.78 is 17.5. The van der Waals surface area contributed by atoms with E-state index in [0.717, 1.165) is 24.1 Å².